The molecule has 66 valence electrons. The molecule has 0 N–H and O–H groups in total. The molecule has 0 aliphatic rings. The number of halogens is 2. The second kappa shape index (κ2) is 3.90. The van der Waals surface area contributed by atoms with Crippen LogP contribution in [0.1, 0.15) is 12.5 Å². The van der Waals surface area contributed by atoms with Gasteiger partial charge in [0.25, 0.3) is 0 Å². The van der Waals surface area contributed by atoms with E-state index in [0.717, 1.165) is 0 Å². The fraction of sp³-hybridized carbons (Fsp3) is 0.333. The molecule has 1 aromatic carbocycles. The van der Waals surface area contributed by atoms with Crippen molar-refractivity contribution in [3.8, 4) is 0 Å². The zero-order chi connectivity index (χ0) is 9.14. The standard InChI is InChI=1S/C9H10F2S/c1-3-7-8(10)4-6(12-2)5-9(7)11/h4-5H,3H2,1-2H3. The summed E-state index contributed by atoms with van der Waals surface area (Å²) in [5.41, 5.74) is 0.174. The minimum absolute atomic E-state index is 0.174. The zero-order valence-corrected chi connectivity index (χ0v) is 7.84. The highest BCUT2D eigenvalue weighted by atomic mass is 32.2. The molecular weight excluding hydrogens is 178 g/mol. The van der Waals surface area contributed by atoms with E-state index in [-0.39, 0.29) is 5.56 Å². The van der Waals surface area contributed by atoms with Crippen LogP contribution < -0.4 is 0 Å². The van der Waals surface area contributed by atoms with Gasteiger partial charge in [0.1, 0.15) is 11.6 Å². The molecule has 0 radical (unpaired) electrons. The Bertz CT molecular complexity index is 261. The predicted molar refractivity (Wildman–Crippen MR) is 47.5 cm³/mol. The summed E-state index contributed by atoms with van der Waals surface area (Å²) >= 11 is 1.34. The number of hydrogen-bond acceptors (Lipinski definition) is 1. The van der Waals surface area contributed by atoms with Gasteiger partial charge in [-0.05, 0) is 24.8 Å². The number of benzene rings is 1. The molecule has 0 fully saturated rings. The Morgan fingerprint density at radius 2 is 1.75 bits per heavy atom. The first-order valence-corrected chi connectivity index (χ1v) is 4.93. The molecule has 0 saturated carbocycles. The van der Waals surface area contributed by atoms with Crippen LogP contribution in [-0.2, 0) is 6.42 Å². The Balaban J connectivity index is 3.18. The molecule has 0 unspecified atom stereocenters. The molecule has 0 bridgehead atoms. The van der Waals surface area contributed by atoms with Gasteiger partial charge in [0.05, 0.1) is 0 Å². The topological polar surface area (TPSA) is 0 Å². The summed E-state index contributed by atoms with van der Waals surface area (Å²) in [5.74, 6) is -0.885. The molecule has 1 aromatic rings. The molecule has 0 heterocycles. The Kier molecular flexibility index (Phi) is 3.09. The number of thioether (sulfide) groups is 1. The van der Waals surface area contributed by atoms with Crippen LogP contribution in [0.4, 0.5) is 8.78 Å². The van der Waals surface area contributed by atoms with Crippen LogP contribution in [0.15, 0.2) is 17.0 Å². The second-order valence-corrected chi connectivity index (χ2v) is 3.30. The molecule has 0 aliphatic carbocycles. The van der Waals surface area contributed by atoms with Crippen molar-refractivity contribution in [2.24, 2.45) is 0 Å². The lowest BCUT2D eigenvalue weighted by atomic mass is 10.1. The third kappa shape index (κ3) is 1.78. The molecule has 0 amide bonds. The van der Waals surface area contributed by atoms with Crippen molar-refractivity contribution in [3.05, 3.63) is 29.3 Å². The van der Waals surface area contributed by atoms with E-state index in [1.165, 1.54) is 23.9 Å². The first kappa shape index (κ1) is 9.52. The van der Waals surface area contributed by atoms with Gasteiger partial charge in [-0.1, -0.05) is 6.92 Å². The molecule has 0 aromatic heterocycles. The summed E-state index contributed by atoms with van der Waals surface area (Å²) in [6, 6.07) is 2.74. The van der Waals surface area contributed by atoms with Crippen molar-refractivity contribution >= 4 is 11.8 Å². The molecule has 3 heteroatoms. The maximum Gasteiger partial charge on any atom is 0.130 e. The molecule has 0 spiro atoms. The first-order valence-electron chi connectivity index (χ1n) is 3.71. The van der Waals surface area contributed by atoms with Crippen molar-refractivity contribution in [2.45, 2.75) is 18.2 Å². The van der Waals surface area contributed by atoms with E-state index in [0.29, 0.717) is 11.3 Å². The number of rotatable bonds is 2. The molecule has 0 atom stereocenters. The van der Waals surface area contributed by atoms with Crippen molar-refractivity contribution in [1.82, 2.24) is 0 Å². The van der Waals surface area contributed by atoms with Gasteiger partial charge in [-0.25, -0.2) is 8.78 Å². The predicted octanol–water partition coefficient (Wildman–Crippen LogP) is 3.25. The van der Waals surface area contributed by atoms with Crippen LogP contribution in [0.3, 0.4) is 0 Å². The summed E-state index contributed by atoms with van der Waals surface area (Å²) < 4.78 is 26.1. The SMILES string of the molecule is CCc1c(F)cc(SC)cc1F. The lowest BCUT2D eigenvalue weighted by Crippen LogP contribution is -1.93. The van der Waals surface area contributed by atoms with Crippen LogP contribution in [0.5, 0.6) is 0 Å². The van der Waals surface area contributed by atoms with Gasteiger partial charge >= 0.3 is 0 Å². The Hall–Kier alpha value is -0.570. The van der Waals surface area contributed by atoms with Crippen molar-refractivity contribution in [2.75, 3.05) is 6.26 Å². The van der Waals surface area contributed by atoms with E-state index < -0.39 is 11.6 Å². The fourth-order valence-corrected chi connectivity index (χ4v) is 1.48. The van der Waals surface area contributed by atoms with Crippen LogP contribution >= 0.6 is 11.8 Å². The lowest BCUT2D eigenvalue weighted by molar-refractivity contribution is 0.553. The first-order chi connectivity index (χ1) is 5.69. The Morgan fingerprint density at radius 3 is 2.08 bits per heavy atom. The maximum atomic E-state index is 13.0. The average molecular weight is 188 g/mol. The van der Waals surface area contributed by atoms with E-state index in [1.807, 2.05) is 0 Å². The van der Waals surface area contributed by atoms with E-state index in [1.54, 1.807) is 13.2 Å². The van der Waals surface area contributed by atoms with E-state index in [9.17, 15) is 8.78 Å². The largest absolute Gasteiger partial charge is 0.207 e. The molecule has 12 heavy (non-hydrogen) atoms. The average Bonchev–Trinajstić information content (AvgIpc) is 2.03. The zero-order valence-electron chi connectivity index (χ0n) is 7.03. The maximum absolute atomic E-state index is 13.0. The van der Waals surface area contributed by atoms with Gasteiger partial charge < -0.3 is 0 Å². The summed E-state index contributed by atoms with van der Waals surface area (Å²) in [4.78, 5) is 0.627. The third-order valence-corrected chi connectivity index (χ3v) is 2.41. The summed E-state index contributed by atoms with van der Waals surface area (Å²) in [6.07, 6.45) is 2.19. The quantitative estimate of drug-likeness (QED) is 0.642. The number of hydrogen-bond donors (Lipinski definition) is 0. The summed E-state index contributed by atoms with van der Waals surface area (Å²) in [7, 11) is 0. The minimum atomic E-state index is -0.443. The molecule has 0 saturated heterocycles. The molecule has 0 aliphatic heterocycles. The van der Waals surface area contributed by atoms with Crippen LogP contribution in [0, 0.1) is 11.6 Å². The Morgan fingerprint density at radius 1 is 1.25 bits per heavy atom. The van der Waals surface area contributed by atoms with Crippen LogP contribution in [0.2, 0.25) is 0 Å². The van der Waals surface area contributed by atoms with Crippen molar-refractivity contribution in [3.63, 3.8) is 0 Å². The van der Waals surface area contributed by atoms with Crippen molar-refractivity contribution < 1.29 is 8.78 Å². The third-order valence-electron chi connectivity index (χ3n) is 1.70. The lowest BCUT2D eigenvalue weighted by Gasteiger charge is -2.03. The molecular formula is C9H10F2S. The van der Waals surface area contributed by atoms with Crippen LogP contribution in [0.25, 0.3) is 0 Å². The van der Waals surface area contributed by atoms with Gasteiger partial charge in [-0.3, -0.25) is 0 Å². The van der Waals surface area contributed by atoms with E-state index >= 15 is 0 Å². The summed E-state index contributed by atoms with van der Waals surface area (Å²) in [6.45, 7) is 1.74. The van der Waals surface area contributed by atoms with Gasteiger partial charge in [0, 0.05) is 10.5 Å². The van der Waals surface area contributed by atoms with Gasteiger partial charge in [-0.15, -0.1) is 11.8 Å². The van der Waals surface area contributed by atoms with Gasteiger partial charge in [-0.2, -0.15) is 0 Å². The second-order valence-electron chi connectivity index (χ2n) is 2.42. The van der Waals surface area contributed by atoms with Crippen molar-refractivity contribution in [1.29, 1.82) is 0 Å². The highest BCUT2D eigenvalue weighted by Crippen LogP contribution is 2.21. The highest BCUT2D eigenvalue weighted by Gasteiger charge is 2.08. The van der Waals surface area contributed by atoms with Crippen LogP contribution in [-0.4, -0.2) is 6.26 Å². The van der Waals surface area contributed by atoms with E-state index in [2.05, 4.69) is 0 Å². The summed E-state index contributed by atoms with van der Waals surface area (Å²) in [5, 5.41) is 0. The molecule has 0 nitrogen and oxygen atoms in total. The Labute approximate surface area is 75.0 Å². The smallest absolute Gasteiger partial charge is 0.130 e. The molecule has 1 rings (SSSR count). The minimum Gasteiger partial charge on any atom is -0.207 e. The monoisotopic (exact) mass is 188 g/mol. The normalized spacial score (nSPS) is 10.3. The van der Waals surface area contributed by atoms with Gasteiger partial charge in [0.15, 0.2) is 0 Å². The van der Waals surface area contributed by atoms with E-state index in [4.69, 9.17) is 0 Å². The highest BCUT2D eigenvalue weighted by molar-refractivity contribution is 7.98. The van der Waals surface area contributed by atoms with Gasteiger partial charge in [0.2, 0.25) is 0 Å². The fourth-order valence-electron chi connectivity index (χ4n) is 1.04.